The minimum atomic E-state index is -1.87. The average molecular weight is 596 g/mol. The van der Waals surface area contributed by atoms with Gasteiger partial charge < -0.3 is 19.2 Å². The lowest BCUT2D eigenvalue weighted by atomic mass is 10.1. The molecule has 5 aromatic rings. The Morgan fingerprint density at radius 3 is 2.42 bits per heavy atom. The highest BCUT2D eigenvalue weighted by atomic mass is 28.4. The van der Waals surface area contributed by atoms with Crippen LogP contribution in [-0.4, -0.2) is 35.0 Å². The number of rotatable bonds is 11. The molecule has 1 unspecified atom stereocenters. The van der Waals surface area contributed by atoms with Crippen molar-refractivity contribution < 1.29 is 13.9 Å². The second-order valence-corrected chi connectivity index (χ2v) is 17.1. The molecule has 43 heavy (non-hydrogen) atoms. The molecule has 0 aliphatic carbocycles. The molecule has 8 nitrogen and oxygen atoms in total. The molecule has 1 N–H and O–H groups in total. The van der Waals surface area contributed by atoms with E-state index < -0.39 is 8.32 Å². The van der Waals surface area contributed by atoms with E-state index >= 15 is 0 Å². The van der Waals surface area contributed by atoms with Crippen LogP contribution in [-0.2, 0) is 17.6 Å². The summed E-state index contributed by atoms with van der Waals surface area (Å²) in [6.07, 6.45) is 3.64. The first-order valence-corrected chi connectivity index (χ1v) is 17.5. The minimum absolute atomic E-state index is 0.0575. The Morgan fingerprint density at radius 1 is 0.907 bits per heavy atom. The Bertz CT molecular complexity index is 1680. The summed E-state index contributed by atoms with van der Waals surface area (Å²) in [7, 11) is -0.204. The summed E-state index contributed by atoms with van der Waals surface area (Å²) in [4.78, 5) is 9.22. The third kappa shape index (κ3) is 7.06. The van der Waals surface area contributed by atoms with E-state index in [1.165, 1.54) is 0 Å². The van der Waals surface area contributed by atoms with Gasteiger partial charge in [0.15, 0.2) is 14.0 Å². The van der Waals surface area contributed by atoms with Crippen LogP contribution < -0.4 is 14.8 Å². The van der Waals surface area contributed by atoms with E-state index in [1.807, 2.05) is 77.6 Å². The van der Waals surface area contributed by atoms with Gasteiger partial charge >= 0.3 is 0 Å². The third-order valence-corrected chi connectivity index (χ3v) is 12.6. The maximum absolute atomic E-state index is 6.45. The van der Waals surface area contributed by atoms with Crippen LogP contribution in [0.5, 0.6) is 11.5 Å². The lowest BCUT2D eigenvalue weighted by molar-refractivity contribution is 0.276. The molecule has 224 valence electrons. The lowest BCUT2D eigenvalue weighted by Gasteiger charge is -2.36. The van der Waals surface area contributed by atoms with Crippen molar-refractivity contribution in [2.75, 3.05) is 12.4 Å². The first kappa shape index (κ1) is 30.3. The largest absolute Gasteiger partial charge is 0.497 e. The molecule has 0 radical (unpaired) electrons. The van der Waals surface area contributed by atoms with Crippen LogP contribution in [0.25, 0.3) is 17.0 Å². The molecule has 2 aromatic carbocycles. The number of hydrogen-bond acceptors (Lipinski definition) is 7. The number of nitrogens with zero attached hydrogens (tertiary/aromatic N) is 4. The quantitative estimate of drug-likeness (QED) is 0.155. The second kappa shape index (κ2) is 12.6. The summed E-state index contributed by atoms with van der Waals surface area (Å²) in [5.41, 5.74) is 5.57. The van der Waals surface area contributed by atoms with Gasteiger partial charge in [-0.1, -0.05) is 51.1 Å². The molecule has 0 fully saturated rings. The van der Waals surface area contributed by atoms with Crippen molar-refractivity contribution in [1.82, 2.24) is 19.6 Å². The van der Waals surface area contributed by atoms with E-state index in [1.54, 1.807) is 7.11 Å². The fourth-order valence-electron chi connectivity index (χ4n) is 4.46. The third-order valence-electron chi connectivity index (χ3n) is 8.16. The summed E-state index contributed by atoms with van der Waals surface area (Å²) in [5.74, 6) is 2.37. The van der Waals surface area contributed by atoms with Crippen molar-refractivity contribution in [2.24, 2.45) is 0 Å². The van der Waals surface area contributed by atoms with Crippen LogP contribution in [0.15, 0.2) is 85.2 Å². The van der Waals surface area contributed by atoms with E-state index in [9.17, 15) is 0 Å². The van der Waals surface area contributed by atoms with Gasteiger partial charge in [-0.25, -0.2) is 9.50 Å². The molecule has 0 aliphatic heterocycles. The summed E-state index contributed by atoms with van der Waals surface area (Å²) in [6.45, 7) is 14.4. The van der Waals surface area contributed by atoms with Gasteiger partial charge in [0, 0.05) is 11.8 Å². The summed E-state index contributed by atoms with van der Waals surface area (Å²) in [5, 5.41) is 8.58. The zero-order valence-electron chi connectivity index (χ0n) is 26.1. The van der Waals surface area contributed by atoms with Crippen LogP contribution in [0.4, 0.5) is 5.82 Å². The molecule has 0 saturated carbocycles. The minimum Gasteiger partial charge on any atom is -0.497 e. The highest BCUT2D eigenvalue weighted by Crippen LogP contribution is 2.37. The number of fused-ring (bicyclic) bond motifs is 1. The first-order chi connectivity index (χ1) is 20.5. The molecule has 0 bridgehead atoms. The van der Waals surface area contributed by atoms with Gasteiger partial charge in [0.2, 0.25) is 0 Å². The average Bonchev–Trinajstić information content (AvgIpc) is 3.42. The molecule has 3 heterocycles. The first-order valence-electron chi connectivity index (χ1n) is 14.6. The van der Waals surface area contributed by atoms with Gasteiger partial charge in [-0.3, -0.25) is 4.98 Å². The predicted octanol–water partition coefficient (Wildman–Crippen LogP) is 8.07. The van der Waals surface area contributed by atoms with E-state index in [-0.39, 0.29) is 11.1 Å². The molecule has 1 atom stereocenters. The zero-order chi connectivity index (χ0) is 30.6. The molecular formula is C34H41N5O3Si. The Morgan fingerprint density at radius 2 is 1.67 bits per heavy atom. The number of hydrogen-bond donors (Lipinski definition) is 1. The van der Waals surface area contributed by atoms with E-state index in [4.69, 9.17) is 19.0 Å². The van der Waals surface area contributed by atoms with E-state index in [0.29, 0.717) is 13.2 Å². The smallest absolute Gasteiger partial charge is 0.192 e. The number of ether oxygens (including phenoxy) is 2. The molecular weight excluding hydrogens is 554 g/mol. The molecule has 0 aliphatic rings. The number of pyridine rings is 1. The van der Waals surface area contributed by atoms with Gasteiger partial charge in [0.1, 0.15) is 29.6 Å². The SMILES string of the molecule is COc1ccc(COc2ccccc2C(C)Nc2ccc3ncc(-c4cc(CO[Si](C)(C)C(C)(C)C)ccn4)n3n2)cc1. The number of para-hydroxylation sites is 1. The lowest BCUT2D eigenvalue weighted by Crippen LogP contribution is -2.40. The Hall–Kier alpha value is -4.21. The van der Waals surface area contributed by atoms with Crippen molar-refractivity contribution in [1.29, 1.82) is 0 Å². The van der Waals surface area contributed by atoms with Crippen LogP contribution in [0.3, 0.4) is 0 Å². The van der Waals surface area contributed by atoms with Gasteiger partial charge in [0.05, 0.1) is 31.6 Å². The number of imidazole rings is 1. The van der Waals surface area contributed by atoms with Crippen molar-refractivity contribution >= 4 is 19.8 Å². The van der Waals surface area contributed by atoms with E-state index in [2.05, 4.69) is 68.2 Å². The highest BCUT2D eigenvalue weighted by Gasteiger charge is 2.37. The maximum Gasteiger partial charge on any atom is 0.192 e. The molecule has 0 saturated heterocycles. The van der Waals surface area contributed by atoms with Crippen molar-refractivity contribution in [3.05, 3.63) is 102 Å². The molecule has 9 heteroatoms. The standard InChI is InChI=1S/C34H41N5O3Si/c1-24(28-10-8-9-11-31(28)41-22-25-12-14-27(40-5)15-13-25)37-32-16-17-33-36-21-30(39(33)38-32)29-20-26(18-19-35-29)23-42-43(6,7)34(2,3)4/h8-21,24H,22-23H2,1-7H3,(H,37,38). The number of benzene rings is 2. The highest BCUT2D eigenvalue weighted by molar-refractivity contribution is 6.74. The molecule has 5 rings (SSSR count). The van der Waals surface area contributed by atoms with Gasteiger partial charge in [0.25, 0.3) is 0 Å². The van der Waals surface area contributed by atoms with E-state index in [0.717, 1.165) is 51.0 Å². The number of anilines is 1. The monoisotopic (exact) mass is 595 g/mol. The molecule has 0 amide bonds. The Balaban J connectivity index is 1.32. The number of aromatic nitrogens is 4. The van der Waals surface area contributed by atoms with Crippen LogP contribution in [0.2, 0.25) is 18.1 Å². The number of nitrogens with one attached hydrogen (secondary N) is 1. The fourth-order valence-corrected chi connectivity index (χ4v) is 5.42. The predicted molar refractivity (Wildman–Crippen MR) is 174 cm³/mol. The van der Waals surface area contributed by atoms with Crippen LogP contribution in [0, 0.1) is 0 Å². The van der Waals surface area contributed by atoms with Gasteiger partial charge in [-0.05, 0) is 78.6 Å². The normalized spacial score (nSPS) is 12.7. The summed E-state index contributed by atoms with van der Waals surface area (Å²) in [6, 6.07) is 23.9. The van der Waals surface area contributed by atoms with Gasteiger partial charge in [-0.15, -0.1) is 5.10 Å². The maximum atomic E-state index is 6.45. The molecule has 0 spiro atoms. The second-order valence-electron chi connectivity index (χ2n) is 12.3. The van der Waals surface area contributed by atoms with Crippen LogP contribution >= 0.6 is 0 Å². The zero-order valence-corrected chi connectivity index (χ0v) is 27.1. The molecule has 3 aromatic heterocycles. The number of methoxy groups -OCH3 is 1. The summed E-state index contributed by atoms with van der Waals surface area (Å²) >= 11 is 0. The summed E-state index contributed by atoms with van der Waals surface area (Å²) < 4.78 is 19.8. The topological polar surface area (TPSA) is 82.8 Å². The van der Waals surface area contributed by atoms with Crippen molar-refractivity contribution in [2.45, 2.75) is 65.1 Å². The Kier molecular flexibility index (Phi) is 8.84. The van der Waals surface area contributed by atoms with Crippen molar-refractivity contribution in [3.8, 4) is 22.9 Å². The van der Waals surface area contributed by atoms with Gasteiger partial charge in [-0.2, -0.15) is 0 Å². The van der Waals surface area contributed by atoms with Crippen LogP contribution in [0.1, 0.15) is 50.4 Å². The fraction of sp³-hybridized carbons (Fsp3) is 0.324. The Labute approximate surface area is 255 Å². The van der Waals surface area contributed by atoms with Crippen molar-refractivity contribution in [3.63, 3.8) is 0 Å².